The van der Waals surface area contributed by atoms with Crippen LogP contribution in [-0.4, -0.2) is 22.5 Å². The summed E-state index contributed by atoms with van der Waals surface area (Å²) in [7, 11) is 0. The fourth-order valence-electron chi connectivity index (χ4n) is 2.00. The largest absolute Gasteiger partial charge is 0.461 e. The molecule has 130 valence electrons. The maximum absolute atomic E-state index is 13.0. The molecule has 0 atom stereocenters. The highest BCUT2D eigenvalue weighted by molar-refractivity contribution is 7.98. The zero-order valence-electron chi connectivity index (χ0n) is 13.2. The first-order chi connectivity index (χ1) is 11.3. The van der Waals surface area contributed by atoms with Crippen LogP contribution in [0.2, 0.25) is 0 Å². The molecule has 4 nitrogen and oxygen atoms in total. The van der Waals surface area contributed by atoms with Crippen LogP contribution in [0.4, 0.5) is 13.2 Å². The summed E-state index contributed by atoms with van der Waals surface area (Å²) in [5, 5.41) is 0.0324. The number of carbonyl (C=O) groups excluding carboxylic acids is 1. The molecule has 0 unspecified atom stereocenters. The highest BCUT2D eigenvalue weighted by atomic mass is 32.2. The number of rotatable bonds is 6. The van der Waals surface area contributed by atoms with Crippen LogP contribution < -0.4 is 0 Å². The highest BCUT2D eigenvalue weighted by Gasteiger charge is 2.39. The van der Waals surface area contributed by atoms with Crippen LogP contribution in [-0.2, 0) is 23.1 Å². The van der Waals surface area contributed by atoms with E-state index in [9.17, 15) is 18.0 Å². The van der Waals surface area contributed by atoms with Gasteiger partial charge in [0.1, 0.15) is 0 Å². The van der Waals surface area contributed by atoms with E-state index in [1.54, 1.807) is 0 Å². The number of aromatic amines is 1. The maximum atomic E-state index is 13.0. The standard InChI is InChI=1S/C16H17F3N2O2S/c1-3-10-5-7-11(8-6-10)9-24-15-20-12(14(22)23-4-2)13(21-15)16(17,18)19/h5-8H,3-4,9H2,1-2H3,(H,20,21). The molecule has 0 fully saturated rings. The van der Waals surface area contributed by atoms with Crippen LogP contribution in [0.1, 0.15) is 41.2 Å². The molecule has 0 amide bonds. The summed E-state index contributed by atoms with van der Waals surface area (Å²) >= 11 is 1.10. The van der Waals surface area contributed by atoms with E-state index in [-0.39, 0.29) is 11.8 Å². The van der Waals surface area contributed by atoms with Gasteiger partial charge in [-0.1, -0.05) is 43.0 Å². The van der Waals surface area contributed by atoms with Gasteiger partial charge < -0.3 is 9.72 Å². The van der Waals surface area contributed by atoms with Crippen molar-refractivity contribution in [3.63, 3.8) is 0 Å². The molecule has 0 aliphatic heterocycles. The number of halogens is 3. The average molecular weight is 358 g/mol. The molecule has 0 radical (unpaired) electrons. The van der Waals surface area contributed by atoms with Gasteiger partial charge in [0.15, 0.2) is 16.5 Å². The zero-order chi connectivity index (χ0) is 17.7. The first kappa shape index (κ1) is 18.4. The van der Waals surface area contributed by atoms with Gasteiger partial charge in [-0.15, -0.1) is 0 Å². The molecule has 0 aliphatic carbocycles. The Morgan fingerprint density at radius 1 is 1.21 bits per heavy atom. The zero-order valence-corrected chi connectivity index (χ0v) is 14.1. The summed E-state index contributed by atoms with van der Waals surface area (Å²) in [4.78, 5) is 17.6. The fraction of sp³-hybridized carbons (Fsp3) is 0.375. The van der Waals surface area contributed by atoms with Crippen molar-refractivity contribution < 1.29 is 22.7 Å². The minimum absolute atomic E-state index is 0.0186. The quantitative estimate of drug-likeness (QED) is 0.612. The SMILES string of the molecule is CCOC(=O)c1nc(SCc2ccc(CC)cc2)[nH]c1C(F)(F)F. The molecule has 1 N–H and O–H groups in total. The highest BCUT2D eigenvalue weighted by Crippen LogP contribution is 2.33. The number of nitrogens with one attached hydrogen (secondary N) is 1. The van der Waals surface area contributed by atoms with Gasteiger partial charge in [0, 0.05) is 5.75 Å². The van der Waals surface area contributed by atoms with Gasteiger partial charge in [0.25, 0.3) is 0 Å². The molecule has 1 aromatic carbocycles. The summed E-state index contributed by atoms with van der Waals surface area (Å²) in [6.45, 7) is 3.55. The number of alkyl halides is 3. The van der Waals surface area contributed by atoms with Crippen LogP contribution in [0, 0.1) is 0 Å². The number of nitrogens with zero attached hydrogens (tertiary/aromatic N) is 1. The van der Waals surface area contributed by atoms with Crippen molar-refractivity contribution in [2.75, 3.05) is 6.61 Å². The number of benzene rings is 1. The Kier molecular flexibility index (Phi) is 5.93. The second kappa shape index (κ2) is 7.74. The van der Waals surface area contributed by atoms with Crippen molar-refractivity contribution in [3.05, 3.63) is 46.8 Å². The monoisotopic (exact) mass is 358 g/mol. The number of aryl methyl sites for hydroxylation is 1. The Bertz CT molecular complexity index is 696. The van der Waals surface area contributed by atoms with E-state index >= 15 is 0 Å². The van der Waals surface area contributed by atoms with E-state index in [0.29, 0.717) is 5.75 Å². The molecule has 1 heterocycles. The predicted molar refractivity (Wildman–Crippen MR) is 84.9 cm³/mol. The lowest BCUT2D eigenvalue weighted by atomic mass is 10.1. The number of aromatic nitrogens is 2. The number of imidazole rings is 1. The van der Waals surface area contributed by atoms with Crippen LogP contribution in [0.3, 0.4) is 0 Å². The van der Waals surface area contributed by atoms with E-state index in [2.05, 4.69) is 14.7 Å². The van der Waals surface area contributed by atoms with Gasteiger partial charge in [-0.05, 0) is 24.5 Å². The number of esters is 1. The van der Waals surface area contributed by atoms with Gasteiger partial charge >= 0.3 is 12.1 Å². The smallest absolute Gasteiger partial charge is 0.433 e. The average Bonchev–Trinajstić information content (AvgIpc) is 2.98. The van der Waals surface area contributed by atoms with Gasteiger partial charge in [-0.25, -0.2) is 9.78 Å². The van der Waals surface area contributed by atoms with E-state index in [1.165, 1.54) is 12.5 Å². The number of thioether (sulfide) groups is 1. The second-order valence-electron chi connectivity index (χ2n) is 4.94. The predicted octanol–water partition coefficient (Wildman–Crippen LogP) is 4.46. The summed E-state index contributed by atoms with van der Waals surface area (Å²) in [6.07, 6.45) is -3.78. The molecule has 0 spiro atoms. The van der Waals surface area contributed by atoms with Crippen LogP contribution in [0.15, 0.2) is 29.4 Å². The minimum Gasteiger partial charge on any atom is -0.461 e. The van der Waals surface area contributed by atoms with E-state index in [4.69, 9.17) is 0 Å². The van der Waals surface area contributed by atoms with E-state index in [0.717, 1.165) is 23.7 Å². The minimum atomic E-state index is -4.70. The number of hydrogen-bond acceptors (Lipinski definition) is 4. The third kappa shape index (κ3) is 4.53. The van der Waals surface area contributed by atoms with Crippen molar-refractivity contribution in [1.29, 1.82) is 0 Å². The molecule has 0 saturated heterocycles. The Hall–Kier alpha value is -1.96. The summed E-state index contributed by atoms with van der Waals surface area (Å²) < 4.78 is 43.7. The van der Waals surface area contributed by atoms with Gasteiger partial charge in [0.05, 0.1) is 6.61 Å². The topological polar surface area (TPSA) is 55.0 Å². The molecular weight excluding hydrogens is 341 g/mol. The third-order valence-corrected chi connectivity index (χ3v) is 4.19. The molecule has 0 aliphatic rings. The lowest BCUT2D eigenvalue weighted by molar-refractivity contribution is -0.141. The fourth-order valence-corrected chi connectivity index (χ4v) is 2.82. The van der Waals surface area contributed by atoms with Gasteiger partial charge in [-0.3, -0.25) is 0 Å². The summed E-state index contributed by atoms with van der Waals surface area (Å²) in [6, 6.07) is 7.80. The first-order valence-corrected chi connectivity index (χ1v) is 8.38. The molecule has 2 aromatic rings. The number of hydrogen-bond donors (Lipinski definition) is 1. The molecule has 2 rings (SSSR count). The molecule has 1 aromatic heterocycles. The Labute approximate surface area is 141 Å². The lowest BCUT2D eigenvalue weighted by Gasteiger charge is -2.05. The Morgan fingerprint density at radius 2 is 1.83 bits per heavy atom. The van der Waals surface area contributed by atoms with Crippen molar-refractivity contribution >= 4 is 17.7 Å². The van der Waals surface area contributed by atoms with Crippen molar-refractivity contribution in [3.8, 4) is 0 Å². The molecule has 0 bridgehead atoms. The number of carbonyl (C=O) groups is 1. The summed E-state index contributed by atoms with van der Waals surface area (Å²) in [5.74, 6) is -0.642. The first-order valence-electron chi connectivity index (χ1n) is 7.40. The van der Waals surface area contributed by atoms with Crippen molar-refractivity contribution in [1.82, 2.24) is 9.97 Å². The number of H-pyrrole nitrogens is 1. The Morgan fingerprint density at radius 3 is 2.38 bits per heavy atom. The molecular formula is C16H17F3N2O2S. The second-order valence-corrected chi connectivity index (χ2v) is 5.91. The number of ether oxygens (including phenoxy) is 1. The maximum Gasteiger partial charge on any atom is 0.433 e. The van der Waals surface area contributed by atoms with Crippen LogP contribution in [0.25, 0.3) is 0 Å². The Balaban J connectivity index is 2.16. The van der Waals surface area contributed by atoms with E-state index < -0.39 is 23.5 Å². The van der Waals surface area contributed by atoms with Crippen molar-refractivity contribution in [2.45, 2.75) is 37.4 Å². The summed E-state index contributed by atoms with van der Waals surface area (Å²) in [5.41, 5.74) is 0.239. The van der Waals surface area contributed by atoms with Gasteiger partial charge in [0.2, 0.25) is 0 Å². The molecule has 8 heteroatoms. The third-order valence-electron chi connectivity index (χ3n) is 3.24. The molecule has 24 heavy (non-hydrogen) atoms. The normalized spacial score (nSPS) is 11.5. The lowest BCUT2D eigenvalue weighted by Crippen LogP contribution is -2.15. The van der Waals surface area contributed by atoms with Crippen LogP contribution in [0.5, 0.6) is 0 Å². The molecule has 0 saturated carbocycles. The van der Waals surface area contributed by atoms with E-state index in [1.807, 2.05) is 31.2 Å². The van der Waals surface area contributed by atoms with Crippen molar-refractivity contribution in [2.24, 2.45) is 0 Å². The van der Waals surface area contributed by atoms with Crippen LogP contribution >= 0.6 is 11.8 Å². The van der Waals surface area contributed by atoms with Gasteiger partial charge in [-0.2, -0.15) is 13.2 Å².